The van der Waals surface area contributed by atoms with Crippen LogP contribution in [0.25, 0.3) is 89.4 Å². The van der Waals surface area contributed by atoms with Gasteiger partial charge < -0.3 is 0 Å². The van der Waals surface area contributed by atoms with Gasteiger partial charge in [0.1, 0.15) is 0 Å². The molecule has 10 rings (SSSR count). The SMILES string of the molecule is CC1(C)c2cc(C#N)ccc2-c2ccc(-c3ccc(-c4ccc5ccc(-c6ccc(-c7nc(-c8ccccc8)nc(-c8ccccc8)n7)cc6)cc5c4)cc3)cc21. The summed E-state index contributed by atoms with van der Waals surface area (Å²) in [4.78, 5) is 14.6. The second-order valence-corrected chi connectivity index (χ2v) is 15.2. The van der Waals surface area contributed by atoms with Crippen molar-refractivity contribution in [1.82, 2.24) is 15.0 Å². The topological polar surface area (TPSA) is 62.5 Å². The van der Waals surface area contributed by atoms with Gasteiger partial charge in [-0.05, 0) is 96.7 Å². The van der Waals surface area contributed by atoms with E-state index in [9.17, 15) is 5.26 Å². The summed E-state index contributed by atoms with van der Waals surface area (Å²) in [5, 5.41) is 11.9. The van der Waals surface area contributed by atoms with Crippen molar-refractivity contribution in [3.05, 3.63) is 199 Å². The Kier molecular flexibility index (Phi) is 8.17. The van der Waals surface area contributed by atoms with E-state index in [0.717, 1.165) is 27.8 Å². The third-order valence-electron chi connectivity index (χ3n) is 11.4. The zero-order valence-electron chi connectivity index (χ0n) is 31.6. The number of benzene rings is 8. The maximum absolute atomic E-state index is 9.52. The predicted octanol–water partition coefficient (Wildman–Crippen LogP) is 13.2. The van der Waals surface area contributed by atoms with Gasteiger partial charge in [-0.3, -0.25) is 0 Å². The van der Waals surface area contributed by atoms with Crippen molar-refractivity contribution >= 4 is 10.8 Å². The lowest BCUT2D eigenvalue weighted by Crippen LogP contribution is -2.15. The molecule has 0 saturated carbocycles. The molecule has 268 valence electrons. The maximum Gasteiger partial charge on any atom is 0.164 e. The van der Waals surface area contributed by atoms with Crippen LogP contribution in [-0.2, 0) is 5.41 Å². The Morgan fingerprint density at radius 1 is 0.368 bits per heavy atom. The summed E-state index contributed by atoms with van der Waals surface area (Å²) in [6, 6.07) is 66.0. The third-order valence-corrected chi connectivity index (χ3v) is 11.4. The molecule has 0 atom stereocenters. The molecular formula is C53H36N4. The van der Waals surface area contributed by atoms with Crippen LogP contribution in [0.4, 0.5) is 0 Å². The molecule has 1 aliphatic rings. The number of rotatable bonds is 6. The molecule has 0 N–H and O–H groups in total. The minimum absolute atomic E-state index is 0.174. The predicted molar refractivity (Wildman–Crippen MR) is 232 cm³/mol. The summed E-state index contributed by atoms with van der Waals surface area (Å²) in [6.07, 6.45) is 0. The van der Waals surface area contributed by atoms with E-state index in [4.69, 9.17) is 15.0 Å². The van der Waals surface area contributed by atoms with E-state index in [2.05, 4.69) is 129 Å². The smallest absolute Gasteiger partial charge is 0.164 e. The third kappa shape index (κ3) is 6.16. The molecule has 0 bridgehead atoms. The van der Waals surface area contributed by atoms with Gasteiger partial charge in [0.25, 0.3) is 0 Å². The van der Waals surface area contributed by atoms with Gasteiger partial charge in [0, 0.05) is 22.1 Å². The Hall–Kier alpha value is -7.48. The Morgan fingerprint density at radius 2 is 0.754 bits per heavy atom. The number of hydrogen-bond acceptors (Lipinski definition) is 4. The van der Waals surface area contributed by atoms with E-state index >= 15 is 0 Å². The van der Waals surface area contributed by atoms with Gasteiger partial charge in [0.15, 0.2) is 17.5 Å². The first-order chi connectivity index (χ1) is 27.9. The number of nitriles is 1. The summed E-state index contributed by atoms with van der Waals surface area (Å²) in [5.41, 5.74) is 15.4. The summed E-state index contributed by atoms with van der Waals surface area (Å²) < 4.78 is 0. The van der Waals surface area contributed by atoms with Gasteiger partial charge in [-0.2, -0.15) is 5.26 Å². The zero-order valence-corrected chi connectivity index (χ0v) is 31.6. The molecule has 0 saturated heterocycles. The van der Waals surface area contributed by atoms with Crippen LogP contribution >= 0.6 is 0 Å². The largest absolute Gasteiger partial charge is 0.208 e. The van der Waals surface area contributed by atoms with Crippen molar-refractivity contribution in [1.29, 1.82) is 5.26 Å². The van der Waals surface area contributed by atoms with Crippen LogP contribution in [0.15, 0.2) is 182 Å². The van der Waals surface area contributed by atoms with Crippen LogP contribution in [0, 0.1) is 11.3 Å². The van der Waals surface area contributed by atoms with E-state index in [1.54, 1.807) is 0 Å². The Morgan fingerprint density at radius 3 is 1.25 bits per heavy atom. The Bertz CT molecular complexity index is 2960. The molecule has 0 aliphatic heterocycles. The zero-order chi connectivity index (χ0) is 38.5. The van der Waals surface area contributed by atoms with Crippen LogP contribution in [0.3, 0.4) is 0 Å². The maximum atomic E-state index is 9.52. The molecule has 4 heteroatoms. The molecule has 8 aromatic carbocycles. The number of nitrogens with zero attached hydrogens (tertiary/aromatic N) is 4. The standard InChI is InChI=1S/C53H36N4/c1-53(2)48-29-34(33-54)13-27-46(48)47-28-26-44(32-49(47)53)37-16-14-35(15-17-37)42-24-20-38-21-25-43(31-45(38)30-42)36-18-22-41(23-19-36)52-56-50(39-9-5-3-6-10-39)55-51(57-52)40-11-7-4-8-12-40/h3-32H,1-2H3. The summed E-state index contributed by atoms with van der Waals surface area (Å²) in [6.45, 7) is 4.51. The van der Waals surface area contributed by atoms with Gasteiger partial charge in [-0.1, -0.05) is 166 Å². The minimum atomic E-state index is -0.174. The first kappa shape index (κ1) is 34.0. The van der Waals surface area contributed by atoms with E-state index < -0.39 is 0 Å². The van der Waals surface area contributed by atoms with Gasteiger partial charge in [0.2, 0.25) is 0 Å². The van der Waals surface area contributed by atoms with Crippen molar-refractivity contribution in [2.24, 2.45) is 0 Å². The highest BCUT2D eigenvalue weighted by Gasteiger charge is 2.35. The molecule has 1 heterocycles. The normalized spacial score (nSPS) is 12.5. The lowest BCUT2D eigenvalue weighted by Gasteiger charge is -2.22. The highest BCUT2D eigenvalue weighted by molar-refractivity contribution is 5.91. The summed E-state index contributed by atoms with van der Waals surface area (Å²) in [7, 11) is 0. The quantitative estimate of drug-likeness (QED) is 0.171. The lowest BCUT2D eigenvalue weighted by molar-refractivity contribution is 0.660. The van der Waals surface area contributed by atoms with E-state index in [0.29, 0.717) is 23.0 Å². The average Bonchev–Trinajstić information content (AvgIpc) is 3.51. The molecule has 9 aromatic rings. The van der Waals surface area contributed by atoms with Crippen molar-refractivity contribution in [2.45, 2.75) is 19.3 Å². The van der Waals surface area contributed by atoms with E-state index in [1.807, 2.05) is 72.8 Å². The second kappa shape index (κ2) is 13.7. The molecule has 4 nitrogen and oxygen atoms in total. The lowest BCUT2D eigenvalue weighted by atomic mass is 9.81. The van der Waals surface area contributed by atoms with Crippen LogP contribution in [-0.4, -0.2) is 15.0 Å². The van der Waals surface area contributed by atoms with E-state index in [1.165, 1.54) is 55.3 Å². The first-order valence-electron chi connectivity index (χ1n) is 19.2. The first-order valence-corrected chi connectivity index (χ1v) is 19.2. The molecule has 0 fully saturated rings. The molecule has 57 heavy (non-hydrogen) atoms. The molecule has 1 aliphatic carbocycles. The fraction of sp³-hybridized carbons (Fsp3) is 0.0566. The van der Waals surface area contributed by atoms with Crippen molar-refractivity contribution in [3.8, 4) is 84.7 Å². The van der Waals surface area contributed by atoms with Crippen molar-refractivity contribution in [3.63, 3.8) is 0 Å². The second-order valence-electron chi connectivity index (χ2n) is 15.2. The van der Waals surface area contributed by atoms with Crippen LogP contribution in [0.1, 0.15) is 30.5 Å². The molecule has 0 unspecified atom stereocenters. The van der Waals surface area contributed by atoms with Crippen LogP contribution < -0.4 is 0 Å². The fourth-order valence-electron chi connectivity index (χ4n) is 8.20. The van der Waals surface area contributed by atoms with Gasteiger partial charge in [0.05, 0.1) is 11.6 Å². The highest BCUT2D eigenvalue weighted by Crippen LogP contribution is 2.50. The minimum Gasteiger partial charge on any atom is -0.208 e. The number of fused-ring (bicyclic) bond motifs is 4. The van der Waals surface area contributed by atoms with Crippen molar-refractivity contribution < 1.29 is 0 Å². The van der Waals surface area contributed by atoms with E-state index in [-0.39, 0.29) is 5.41 Å². The Balaban J connectivity index is 0.922. The summed E-state index contributed by atoms with van der Waals surface area (Å²) in [5.74, 6) is 1.95. The average molecular weight is 729 g/mol. The van der Waals surface area contributed by atoms with Gasteiger partial charge in [-0.15, -0.1) is 0 Å². The fourth-order valence-corrected chi connectivity index (χ4v) is 8.20. The highest BCUT2D eigenvalue weighted by atomic mass is 15.0. The molecule has 0 radical (unpaired) electrons. The molecular weight excluding hydrogens is 693 g/mol. The van der Waals surface area contributed by atoms with Gasteiger partial charge in [-0.25, -0.2) is 15.0 Å². The summed E-state index contributed by atoms with van der Waals surface area (Å²) >= 11 is 0. The van der Waals surface area contributed by atoms with Crippen molar-refractivity contribution in [2.75, 3.05) is 0 Å². The molecule has 1 aromatic heterocycles. The van der Waals surface area contributed by atoms with Crippen LogP contribution in [0.5, 0.6) is 0 Å². The number of aromatic nitrogens is 3. The molecule has 0 amide bonds. The number of hydrogen-bond donors (Lipinski definition) is 0. The Labute approximate surface area is 332 Å². The van der Waals surface area contributed by atoms with Crippen LogP contribution in [0.2, 0.25) is 0 Å². The molecule has 0 spiro atoms. The van der Waals surface area contributed by atoms with Gasteiger partial charge >= 0.3 is 0 Å². The monoisotopic (exact) mass is 728 g/mol.